The molecule has 0 radical (unpaired) electrons. The van der Waals surface area contributed by atoms with Crippen molar-refractivity contribution in [2.45, 2.75) is 18.7 Å². The van der Waals surface area contributed by atoms with Gasteiger partial charge in [0.05, 0.1) is 16.3 Å². The number of carbonyl (C=O) groups excluding carboxylic acids is 1. The Hall–Kier alpha value is -2.54. The molecule has 2 aromatic carbocycles. The molecule has 0 atom stereocenters. The van der Waals surface area contributed by atoms with Gasteiger partial charge >= 0.3 is 0 Å². The number of anilines is 2. The van der Waals surface area contributed by atoms with Gasteiger partial charge in [0.2, 0.25) is 0 Å². The van der Waals surface area contributed by atoms with Crippen LogP contribution >= 0.6 is 0 Å². The van der Waals surface area contributed by atoms with E-state index in [9.17, 15) is 13.2 Å². The van der Waals surface area contributed by atoms with Crippen LogP contribution in [0.3, 0.4) is 0 Å². The minimum Gasteiger partial charge on any atom is -0.479 e. The molecule has 120 valence electrons. The summed E-state index contributed by atoms with van der Waals surface area (Å²) in [7, 11) is -3.74. The fourth-order valence-corrected chi connectivity index (χ4v) is 3.40. The number of sulfonamides is 1. The maximum atomic E-state index is 12.5. The highest BCUT2D eigenvalue weighted by atomic mass is 32.2. The molecule has 0 saturated carbocycles. The van der Waals surface area contributed by atoms with E-state index in [2.05, 4.69) is 10.0 Å². The normalized spacial score (nSPS) is 13.7. The van der Waals surface area contributed by atoms with E-state index in [1.165, 1.54) is 0 Å². The van der Waals surface area contributed by atoms with Gasteiger partial charge in [0.25, 0.3) is 15.9 Å². The minimum atomic E-state index is -3.74. The molecular weight excluding hydrogens is 316 g/mol. The van der Waals surface area contributed by atoms with Crippen LogP contribution < -0.4 is 14.8 Å². The van der Waals surface area contributed by atoms with Gasteiger partial charge in [-0.2, -0.15) is 0 Å². The molecule has 2 N–H and O–H groups in total. The lowest BCUT2D eigenvalue weighted by atomic mass is 10.1. The molecule has 1 heterocycles. The average Bonchev–Trinajstić information content (AvgIpc) is 2.46. The van der Waals surface area contributed by atoms with Crippen molar-refractivity contribution < 1.29 is 17.9 Å². The van der Waals surface area contributed by atoms with Gasteiger partial charge in [-0.1, -0.05) is 17.7 Å². The Bertz CT molecular complexity index is 874. The zero-order valence-electron chi connectivity index (χ0n) is 12.7. The predicted molar refractivity (Wildman–Crippen MR) is 87.3 cm³/mol. The molecule has 0 saturated heterocycles. The number of nitrogens with one attached hydrogen (secondary N) is 2. The van der Waals surface area contributed by atoms with Crippen molar-refractivity contribution in [3.8, 4) is 5.75 Å². The van der Waals surface area contributed by atoms with Crippen molar-refractivity contribution in [3.63, 3.8) is 0 Å². The number of fused-ring (bicyclic) bond motifs is 1. The first kappa shape index (κ1) is 15.4. The molecule has 2 aromatic rings. The first-order valence-electron chi connectivity index (χ1n) is 7.02. The first-order chi connectivity index (χ1) is 10.8. The summed E-state index contributed by atoms with van der Waals surface area (Å²) in [5.74, 6) is 0.0568. The standard InChI is InChI=1S/C16H16N2O4S/c1-10-3-5-12(6-4-10)23(20,21)18-14-8-11(2)7-13-16(14)22-9-15(19)17-13/h3-8,18H,9H2,1-2H3,(H,17,19). The van der Waals surface area contributed by atoms with Gasteiger partial charge in [-0.3, -0.25) is 9.52 Å². The van der Waals surface area contributed by atoms with Crippen LogP contribution in [0.5, 0.6) is 5.75 Å². The predicted octanol–water partition coefficient (Wildman–Crippen LogP) is 2.44. The van der Waals surface area contributed by atoms with Gasteiger partial charge in [0.15, 0.2) is 12.4 Å². The van der Waals surface area contributed by atoms with E-state index in [0.717, 1.165) is 11.1 Å². The van der Waals surface area contributed by atoms with Crippen LogP contribution in [-0.4, -0.2) is 20.9 Å². The Morgan fingerprint density at radius 2 is 1.78 bits per heavy atom. The second-order valence-electron chi connectivity index (χ2n) is 5.44. The third-order valence-electron chi connectivity index (χ3n) is 3.43. The van der Waals surface area contributed by atoms with E-state index in [1.807, 2.05) is 13.8 Å². The van der Waals surface area contributed by atoms with Gasteiger partial charge in [0.1, 0.15) is 0 Å². The minimum absolute atomic E-state index is 0.144. The molecule has 1 amide bonds. The third kappa shape index (κ3) is 3.14. The maximum Gasteiger partial charge on any atom is 0.262 e. The molecule has 0 spiro atoms. The summed E-state index contributed by atoms with van der Waals surface area (Å²) in [5.41, 5.74) is 2.54. The molecule has 1 aliphatic rings. The SMILES string of the molecule is Cc1ccc(S(=O)(=O)Nc2cc(C)cc3c2OCC(=O)N3)cc1. The molecular formula is C16H16N2O4S. The summed E-state index contributed by atoms with van der Waals surface area (Å²) in [5, 5.41) is 2.68. The number of benzene rings is 2. The summed E-state index contributed by atoms with van der Waals surface area (Å²) >= 11 is 0. The number of carbonyl (C=O) groups is 1. The van der Waals surface area contributed by atoms with Crippen molar-refractivity contribution in [2.24, 2.45) is 0 Å². The molecule has 0 bridgehead atoms. The van der Waals surface area contributed by atoms with Crippen molar-refractivity contribution in [1.29, 1.82) is 0 Å². The van der Waals surface area contributed by atoms with Crippen LogP contribution in [0.1, 0.15) is 11.1 Å². The molecule has 7 heteroatoms. The van der Waals surface area contributed by atoms with Crippen LogP contribution in [0.15, 0.2) is 41.3 Å². The van der Waals surface area contributed by atoms with Gasteiger partial charge in [0, 0.05) is 0 Å². The van der Waals surface area contributed by atoms with Crippen LogP contribution in [0, 0.1) is 13.8 Å². The third-order valence-corrected chi connectivity index (χ3v) is 4.81. The van der Waals surface area contributed by atoms with Gasteiger partial charge in [-0.15, -0.1) is 0 Å². The molecule has 3 rings (SSSR count). The Balaban J connectivity index is 1.99. The summed E-state index contributed by atoms with van der Waals surface area (Å²) in [6.07, 6.45) is 0. The Labute approximate surface area is 134 Å². The lowest BCUT2D eigenvalue weighted by molar-refractivity contribution is -0.118. The molecule has 0 aromatic heterocycles. The fraction of sp³-hybridized carbons (Fsp3) is 0.188. The van der Waals surface area contributed by atoms with E-state index in [0.29, 0.717) is 17.1 Å². The fourth-order valence-electron chi connectivity index (χ4n) is 2.34. The lowest BCUT2D eigenvalue weighted by Gasteiger charge is -2.22. The number of aryl methyl sites for hydroxylation is 2. The number of amides is 1. The van der Waals surface area contributed by atoms with E-state index < -0.39 is 10.0 Å². The van der Waals surface area contributed by atoms with Crippen LogP contribution in [-0.2, 0) is 14.8 Å². The number of rotatable bonds is 3. The number of hydrogen-bond acceptors (Lipinski definition) is 4. The number of ether oxygens (including phenoxy) is 1. The Morgan fingerprint density at radius 1 is 1.09 bits per heavy atom. The largest absolute Gasteiger partial charge is 0.479 e. The maximum absolute atomic E-state index is 12.5. The van der Waals surface area contributed by atoms with E-state index in [1.54, 1.807) is 36.4 Å². The van der Waals surface area contributed by atoms with Crippen molar-refractivity contribution in [2.75, 3.05) is 16.6 Å². The highest BCUT2D eigenvalue weighted by Crippen LogP contribution is 2.38. The summed E-state index contributed by atoms with van der Waals surface area (Å²) in [6, 6.07) is 9.96. The molecule has 23 heavy (non-hydrogen) atoms. The molecule has 6 nitrogen and oxygen atoms in total. The Morgan fingerprint density at radius 3 is 2.48 bits per heavy atom. The van der Waals surface area contributed by atoms with Gasteiger partial charge in [-0.05, 0) is 43.7 Å². The summed E-state index contributed by atoms with van der Waals surface area (Å²) < 4.78 is 33.0. The highest BCUT2D eigenvalue weighted by Gasteiger charge is 2.23. The molecule has 0 fully saturated rings. The van der Waals surface area contributed by atoms with E-state index >= 15 is 0 Å². The lowest BCUT2D eigenvalue weighted by Crippen LogP contribution is -2.26. The molecule has 0 aliphatic carbocycles. The smallest absolute Gasteiger partial charge is 0.262 e. The van der Waals surface area contributed by atoms with Gasteiger partial charge < -0.3 is 10.1 Å². The number of hydrogen-bond donors (Lipinski definition) is 2. The van der Waals surface area contributed by atoms with Crippen molar-refractivity contribution in [1.82, 2.24) is 0 Å². The van der Waals surface area contributed by atoms with E-state index in [4.69, 9.17) is 4.74 Å². The first-order valence-corrected chi connectivity index (χ1v) is 8.50. The summed E-state index contributed by atoms with van der Waals surface area (Å²) in [6.45, 7) is 3.55. The second kappa shape index (κ2) is 5.58. The average molecular weight is 332 g/mol. The topological polar surface area (TPSA) is 84.5 Å². The second-order valence-corrected chi connectivity index (χ2v) is 7.13. The van der Waals surface area contributed by atoms with Crippen molar-refractivity contribution in [3.05, 3.63) is 47.5 Å². The zero-order chi connectivity index (χ0) is 16.6. The Kier molecular flexibility index (Phi) is 3.73. The quantitative estimate of drug-likeness (QED) is 0.904. The van der Waals surface area contributed by atoms with Crippen LogP contribution in [0.2, 0.25) is 0 Å². The van der Waals surface area contributed by atoms with Crippen molar-refractivity contribution >= 4 is 27.3 Å². The van der Waals surface area contributed by atoms with E-state index in [-0.39, 0.29) is 17.4 Å². The van der Waals surface area contributed by atoms with Gasteiger partial charge in [-0.25, -0.2) is 8.42 Å². The monoisotopic (exact) mass is 332 g/mol. The molecule has 1 aliphatic heterocycles. The highest BCUT2D eigenvalue weighted by molar-refractivity contribution is 7.92. The van der Waals surface area contributed by atoms with Crippen LogP contribution in [0.25, 0.3) is 0 Å². The van der Waals surface area contributed by atoms with Crippen LogP contribution in [0.4, 0.5) is 11.4 Å². The zero-order valence-corrected chi connectivity index (χ0v) is 13.5. The summed E-state index contributed by atoms with van der Waals surface area (Å²) in [4.78, 5) is 11.6. The molecule has 0 unspecified atom stereocenters.